The summed E-state index contributed by atoms with van der Waals surface area (Å²) in [5, 5.41) is 14.8. The molecule has 0 spiro atoms. The zero-order valence-corrected chi connectivity index (χ0v) is 18.0. The van der Waals surface area contributed by atoms with Crippen LogP contribution in [0.1, 0.15) is 43.7 Å². The number of amides is 1. The number of aryl methyl sites for hydroxylation is 1. The summed E-state index contributed by atoms with van der Waals surface area (Å²) in [6.07, 6.45) is 1.82. The summed E-state index contributed by atoms with van der Waals surface area (Å²) in [5.74, 6) is -1.18. The maximum Gasteiger partial charge on any atom is 0.339 e. The van der Waals surface area contributed by atoms with Crippen LogP contribution < -0.4 is 20.8 Å². The monoisotopic (exact) mass is 434 g/mol. The molecule has 1 aromatic heterocycles. The van der Waals surface area contributed by atoms with Crippen LogP contribution in [0.25, 0.3) is 11.0 Å². The predicted molar refractivity (Wildman–Crippen MR) is 111 cm³/mol. The van der Waals surface area contributed by atoms with Crippen LogP contribution in [0, 0.1) is 25.7 Å². The number of fused-ring (bicyclic) bond motifs is 1. The van der Waals surface area contributed by atoms with E-state index in [9.17, 15) is 19.5 Å². The standard InChI is InChI=1S/C22H26ClNO6/c1-11-12(2)22(28)30-18-9-19(17(23)8-16(11)18)29-13(3)20(25)24-10-14-4-6-15(7-5-14)21(26)27/h8-9,13-15H,4-7,10H2,1-3H3,(H,24,25)(H,26,27)/p-1/t13-,14?,15?/m0/s1. The highest BCUT2D eigenvalue weighted by atomic mass is 35.5. The molecule has 1 atom stereocenters. The van der Waals surface area contributed by atoms with Crippen molar-refractivity contribution in [3.8, 4) is 5.75 Å². The number of halogens is 1. The van der Waals surface area contributed by atoms with Crippen LogP contribution in [-0.2, 0) is 9.59 Å². The smallest absolute Gasteiger partial charge is 0.339 e. The van der Waals surface area contributed by atoms with Gasteiger partial charge in [-0.15, -0.1) is 0 Å². The van der Waals surface area contributed by atoms with Gasteiger partial charge in [0, 0.05) is 29.5 Å². The summed E-state index contributed by atoms with van der Waals surface area (Å²) in [4.78, 5) is 35.3. The minimum absolute atomic E-state index is 0.237. The highest BCUT2D eigenvalue weighted by Crippen LogP contribution is 2.32. The Morgan fingerprint density at radius 2 is 1.90 bits per heavy atom. The minimum Gasteiger partial charge on any atom is -0.550 e. The SMILES string of the molecule is Cc1c(C)c2cc(Cl)c(O[C@@H](C)C(=O)NCC3CCC(C(=O)[O-])CC3)cc2oc1=O. The van der Waals surface area contributed by atoms with E-state index in [4.69, 9.17) is 20.8 Å². The van der Waals surface area contributed by atoms with E-state index < -0.39 is 17.7 Å². The number of carboxylic acid groups (broad SMARTS) is 1. The van der Waals surface area contributed by atoms with Crippen LogP contribution in [0.15, 0.2) is 21.3 Å². The van der Waals surface area contributed by atoms with Gasteiger partial charge in [0.05, 0.1) is 5.02 Å². The number of nitrogens with one attached hydrogen (secondary N) is 1. The first-order valence-corrected chi connectivity index (χ1v) is 10.4. The Bertz CT molecular complexity index is 1020. The molecule has 1 aliphatic rings. The summed E-state index contributed by atoms with van der Waals surface area (Å²) in [7, 11) is 0. The number of ether oxygens (including phenoxy) is 1. The molecule has 0 radical (unpaired) electrons. The maximum atomic E-state index is 12.4. The largest absolute Gasteiger partial charge is 0.550 e. The average molecular weight is 435 g/mol. The maximum absolute atomic E-state index is 12.4. The molecular formula is C22H25ClNO6-. The van der Waals surface area contributed by atoms with Crippen LogP contribution in [0.4, 0.5) is 0 Å². The Labute approximate surface area is 179 Å². The normalized spacial score (nSPS) is 20.0. The van der Waals surface area contributed by atoms with Crippen molar-refractivity contribution < 1.29 is 23.8 Å². The van der Waals surface area contributed by atoms with Gasteiger partial charge in [-0.25, -0.2) is 4.79 Å². The fraction of sp³-hybridized carbons (Fsp3) is 0.500. The van der Waals surface area contributed by atoms with Crippen LogP contribution in [-0.4, -0.2) is 24.5 Å². The number of rotatable bonds is 6. The summed E-state index contributed by atoms with van der Waals surface area (Å²) >= 11 is 6.32. The highest BCUT2D eigenvalue weighted by Gasteiger charge is 2.24. The van der Waals surface area contributed by atoms with E-state index in [0.717, 1.165) is 18.4 Å². The quantitative estimate of drug-likeness (QED) is 0.699. The topological polar surface area (TPSA) is 109 Å². The molecule has 0 aliphatic heterocycles. The van der Waals surface area contributed by atoms with Crippen molar-refractivity contribution in [3.63, 3.8) is 0 Å². The fourth-order valence-electron chi connectivity index (χ4n) is 3.77. The Balaban J connectivity index is 1.62. The van der Waals surface area contributed by atoms with E-state index in [1.807, 2.05) is 6.92 Å². The molecular weight excluding hydrogens is 410 g/mol. The van der Waals surface area contributed by atoms with Crippen LogP contribution in [0.2, 0.25) is 5.02 Å². The van der Waals surface area contributed by atoms with Crippen LogP contribution in [0.5, 0.6) is 5.75 Å². The Kier molecular flexibility index (Phi) is 6.71. The molecule has 162 valence electrons. The summed E-state index contributed by atoms with van der Waals surface area (Å²) in [5.41, 5.74) is 1.23. The molecule has 1 saturated carbocycles. The van der Waals surface area contributed by atoms with Crippen molar-refractivity contribution in [1.29, 1.82) is 0 Å². The van der Waals surface area contributed by atoms with Gasteiger partial charge in [0.25, 0.3) is 5.91 Å². The molecule has 2 aromatic rings. The van der Waals surface area contributed by atoms with E-state index >= 15 is 0 Å². The first-order chi connectivity index (χ1) is 14.2. The summed E-state index contributed by atoms with van der Waals surface area (Å²) in [6.45, 7) is 5.59. The summed E-state index contributed by atoms with van der Waals surface area (Å²) in [6, 6.07) is 3.19. The minimum atomic E-state index is -0.993. The second-order valence-corrected chi connectivity index (χ2v) is 8.37. The fourth-order valence-corrected chi connectivity index (χ4v) is 3.98. The Morgan fingerprint density at radius 3 is 2.53 bits per heavy atom. The average Bonchev–Trinajstić information content (AvgIpc) is 2.72. The lowest BCUT2D eigenvalue weighted by Crippen LogP contribution is -2.40. The molecule has 8 heteroatoms. The van der Waals surface area contributed by atoms with Crippen LogP contribution in [0.3, 0.4) is 0 Å². The molecule has 30 heavy (non-hydrogen) atoms. The Hall–Kier alpha value is -2.54. The van der Waals surface area contributed by atoms with E-state index in [2.05, 4.69) is 5.32 Å². The van der Waals surface area contributed by atoms with E-state index in [1.165, 1.54) is 6.07 Å². The molecule has 0 bridgehead atoms. The van der Waals surface area contributed by atoms with Gasteiger partial charge in [0.2, 0.25) is 0 Å². The number of carbonyl (C=O) groups excluding carboxylic acids is 2. The lowest BCUT2D eigenvalue weighted by molar-refractivity contribution is -0.312. The number of hydrogen-bond donors (Lipinski definition) is 1. The molecule has 1 amide bonds. The second kappa shape index (κ2) is 9.08. The Morgan fingerprint density at radius 1 is 1.23 bits per heavy atom. The zero-order valence-electron chi connectivity index (χ0n) is 17.2. The molecule has 1 N–H and O–H groups in total. The highest BCUT2D eigenvalue weighted by molar-refractivity contribution is 6.32. The van der Waals surface area contributed by atoms with Gasteiger partial charge < -0.3 is 24.4 Å². The lowest BCUT2D eigenvalue weighted by atomic mass is 9.82. The van der Waals surface area contributed by atoms with Gasteiger partial charge in [0.15, 0.2) is 6.10 Å². The predicted octanol–water partition coefficient (Wildman–Crippen LogP) is 2.50. The van der Waals surface area contributed by atoms with Crippen molar-refractivity contribution in [2.24, 2.45) is 11.8 Å². The van der Waals surface area contributed by atoms with Crippen molar-refractivity contribution in [3.05, 3.63) is 38.7 Å². The second-order valence-electron chi connectivity index (χ2n) is 7.96. The van der Waals surface area contributed by atoms with Gasteiger partial charge in [-0.1, -0.05) is 11.6 Å². The molecule has 3 rings (SSSR count). The van der Waals surface area contributed by atoms with Crippen molar-refractivity contribution in [1.82, 2.24) is 5.32 Å². The third-order valence-electron chi connectivity index (χ3n) is 5.93. The van der Waals surface area contributed by atoms with E-state index in [0.29, 0.717) is 40.9 Å². The molecule has 1 aliphatic carbocycles. The first-order valence-electron chi connectivity index (χ1n) is 10.1. The number of aliphatic carboxylic acids is 1. The summed E-state index contributed by atoms with van der Waals surface area (Å²) < 4.78 is 11.0. The zero-order chi connectivity index (χ0) is 22.0. The number of carboxylic acids is 1. The van der Waals surface area contributed by atoms with Crippen molar-refractivity contribution in [2.45, 2.75) is 52.6 Å². The van der Waals surface area contributed by atoms with Gasteiger partial charge in [-0.2, -0.15) is 0 Å². The van der Waals surface area contributed by atoms with E-state index in [1.54, 1.807) is 19.9 Å². The first kappa shape index (κ1) is 22.2. The third-order valence-corrected chi connectivity index (χ3v) is 6.22. The van der Waals surface area contributed by atoms with Gasteiger partial charge in [-0.05, 0) is 69.9 Å². The van der Waals surface area contributed by atoms with Gasteiger partial charge in [0.1, 0.15) is 11.3 Å². The lowest BCUT2D eigenvalue weighted by Gasteiger charge is -2.29. The number of carbonyl (C=O) groups is 2. The number of benzene rings is 1. The molecule has 7 nitrogen and oxygen atoms in total. The van der Waals surface area contributed by atoms with E-state index in [-0.39, 0.29) is 23.5 Å². The third kappa shape index (κ3) is 4.78. The van der Waals surface area contributed by atoms with Gasteiger partial charge in [-0.3, -0.25) is 4.79 Å². The van der Waals surface area contributed by atoms with Gasteiger partial charge >= 0.3 is 5.63 Å². The molecule has 1 fully saturated rings. The molecule has 0 unspecified atom stereocenters. The number of hydrogen-bond acceptors (Lipinski definition) is 6. The van der Waals surface area contributed by atoms with Crippen LogP contribution >= 0.6 is 11.6 Å². The molecule has 1 heterocycles. The van der Waals surface area contributed by atoms with Crippen molar-refractivity contribution >= 4 is 34.4 Å². The molecule has 1 aromatic carbocycles. The van der Waals surface area contributed by atoms with Crippen molar-refractivity contribution in [2.75, 3.05) is 6.54 Å². The molecule has 0 saturated heterocycles.